The van der Waals surface area contributed by atoms with Gasteiger partial charge in [-0.15, -0.1) is 0 Å². The molecular formula is C24H20N2O4. The molecule has 2 aromatic heterocycles. The van der Waals surface area contributed by atoms with Crippen molar-refractivity contribution in [2.24, 2.45) is 0 Å². The molecule has 0 aliphatic heterocycles. The van der Waals surface area contributed by atoms with Gasteiger partial charge >= 0.3 is 11.9 Å². The van der Waals surface area contributed by atoms with Crippen LogP contribution >= 0.6 is 0 Å². The van der Waals surface area contributed by atoms with Crippen LogP contribution in [0.5, 0.6) is 0 Å². The number of hydrogen-bond acceptors (Lipinski definition) is 6. The fourth-order valence-corrected chi connectivity index (χ4v) is 3.22. The molecule has 0 fully saturated rings. The van der Waals surface area contributed by atoms with Gasteiger partial charge in [0.15, 0.2) is 0 Å². The van der Waals surface area contributed by atoms with Crippen molar-refractivity contribution in [3.63, 3.8) is 0 Å². The molecule has 2 heterocycles. The highest BCUT2D eigenvalue weighted by atomic mass is 16.5. The van der Waals surface area contributed by atoms with E-state index in [4.69, 9.17) is 9.47 Å². The van der Waals surface area contributed by atoms with Crippen molar-refractivity contribution in [2.75, 3.05) is 13.2 Å². The molecule has 2 aromatic carbocycles. The summed E-state index contributed by atoms with van der Waals surface area (Å²) in [4.78, 5) is 33.2. The minimum absolute atomic E-state index is 0.336. The zero-order valence-electron chi connectivity index (χ0n) is 16.7. The highest BCUT2D eigenvalue weighted by molar-refractivity contribution is 5.96. The van der Waals surface area contributed by atoms with E-state index < -0.39 is 0 Å². The molecule has 0 aliphatic rings. The van der Waals surface area contributed by atoms with Crippen molar-refractivity contribution in [1.29, 1.82) is 0 Å². The Kier molecular flexibility index (Phi) is 5.39. The fraction of sp³-hybridized carbons (Fsp3) is 0.167. The summed E-state index contributed by atoms with van der Waals surface area (Å²) in [6.45, 7) is 4.23. The first-order valence-electron chi connectivity index (χ1n) is 9.75. The van der Waals surface area contributed by atoms with Crippen LogP contribution in [0.3, 0.4) is 0 Å². The summed E-state index contributed by atoms with van der Waals surface area (Å²) in [6, 6.07) is 18.1. The summed E-state index contributed by atoms with van der Waals surface area (Å²) in [5.41, 5.74) is 3.98. The number of benzene rings is 2. The predicted molar refractivity (Wildman–Crippen MR) is 114 cm³/mol. The van der Waals surface area contributed by atoms with Crippen LogP contribution in [0.15, 0.2) is 60.7 Å². The standard InChI is InChI=1S/C24H20N2O4/c1-3-29-23(27)17-7-9-19-15(13-17)5-11-21(25-19)22-12-6-16-14-18(24(28)30-4-2)8-10-20(16)26-22/h5-14H,3-4H2,1-2H3. The second kappa shape index (κ2) is 8.29. The number of ether oxygens (including phenoxy) is 2. The lowest BCUT2D eigenvalue weighted by atomic mass is 10.1. The van der Waals surface area contributed by atoms with E-state index in [2.05, 4.69) is 9.97 Å². The van der Waals surface area contributed by atoms with E-state index in [9.17, 15) is 9.59 Å². The average Bonchev–Trinajstić information content (AvgIpc) is 2.78. The smallest absolute Gasteiger partial charge is 0.338 e. The van der Waals surface area contributed by atoms with E-state index in [1.807, 2.05) is 24.3 Å². The van der Waals surface area contributed by atoms with Gasteiger partial charge in [-0.25, -0.2) is 19.6 Å². The van der Waals surface area contributed by atoms with E-state index in [-0.39, 0.29) is 11.9 Å². The normalized spacial score (nSPS) is 10.9. The van der Waals surface area contributed by atoms with Crippen molar-refractivity contribution in [2.45, 2.75) is 13.8 Å². The van der Waals surface area contributed by atoms with E-state index in [1.54, 1.807) is 50.2 Å². The van der Waals surface area contributed by atoms with Crippen LogP contribution in [0, 0.1) is 0 Å². The third-order valence-corrected chi connectivity index (χ3v) is 4.66. The van der Waals surface area contributed by atoms with Gasteiger partial charge < -0.3 is 9.47 Å². The molecule has 6 nitrogen and oxygen atoms in total. The summed E-state index contributed by atoms with van der Waals surface area (Å²) in [5.74, 6) is -0.691. The molecule has 0 aliphatic carbocycles. The maximum absolute atomic E-state index is 11.9. The molecule has 6 heteroatoms. The number of esters is 2. The third-order valence-electron chi connectivity index (χ3n) is 4.66. The first-order chi connectivity index (χ1) is 14.6. The maximum atomic E-state index is 11.9. The molecule has 30 heavy (non-hydrogen) atoms. The van der Waals surface area contributed by atoms with Crippen LogP contribution in [0.4, 0.5) is 0 Å². The van der Waals surface area contributed by atoms with Crippen molar-refractivity contribution in [3.05, 3.63) is 71.8 Å². The van der Waals surface area contributed by atoms with Gasteiger partial charge in [-0.05, 0) is 62.4 Å². The summed E-state index contributed by atoms with van der Waals surface area (Å²) in [5, 5.41) is 1.70. The number of carbonyl (C=O) groups is 2. The molecule has 0 atom stereocenters. The second-order valence-electron chi connectivity index (χ2n) is 6.65. The summed E-state index contributed by atoms with van der Waals surface area (Å²) < 4.78 is 10.1. The number of hydrogen-bond donors (Lipinski definition) is 0. The molecular weight excluding hydrogens is 380 g/mol. The first kappa shape index (κ1) is 19.5. The quantitative estimate of drug-likeness (QED) is 0.448. The summed E-state index contributed by atoms with van der Waals surface area (Å²) in [6.07, 6.45) is 0. The largest absolute Gasteiger partial charge is 0.462 e. The van der Waals surface area contributed by atoms with Gasteiger partial charge in [0.25, 0.3) is 0 Å². The lowest BCUT2D eigenvalue weighted by molar-refractivity contribution is 0.0517. The molecule has 4 rings (SSSR count). The van der Waals surface area contributed by atoms with Gasteiger partial charge in [0.1, 0.15) is 0 Å². The van der Waals surface area contributed by atoms with Crippen molar-refractivity contribution in [3.8, 4) is 11.4 Å². The molecule has 0 spiro atoms. The van der Waals surface area contributed by atoms with Gasteiger partial charge in [-0.3, -0.25) is 0 Å². The number of fused-ring (bicyclic) bond motifs is 2. The topological polar surface area (TPSA) is 78.4 Å². The Morgan fingerprint density at radius 2 is 1.10 bits per heavy atom. The van der Waals surface area contributed by atoms with E-state index in [0.29, 0.717) is 24.3 Å². The molecule has 0 saturated carbocycles. The Labute approximate surface area is 173 Å². The Hall–Kier alpha value is -3.80. The number of nitrogens with zero attached hydrogens (tertiary/aromatic N) is 2. The first-order valence-corrected chi connectivity index (χ1v) is 9.75. The molecule has 0 radical (unpaired) electrons. The van der Waals surface area contributed by atoms with Crippen LogP contribution in [0.2, 0.25) is 0 Å². The minimum atomic E-state index is -0.345. The van der Waals surface area contributed by atoms with Crippen LogP contribution in [-0.2, 0) is 9.47 Å². The molecule has 0 saturated heterocycles. The van der Waals surface area contributed by atoms with Crippen LogP contribution in [0.25, 0.3) is 33.2 Å². The van der Waals surface area contributed by atoms with Gasteiger partial charge in [-0.1, -0.05) is 12.1 Å². The number of aromatic nitrogens is 2. The van der Waals surface area contributed by atoms with E-state index in [1.165, 1.54) is 0 Å². The van der Waals surface area contributed by atoms with Crippen molar-refractivity contribution >= 4 is 33.7 Å². The maximum Gasteiger partial charge on any atom is 0.338 e. The van der Waals surface area contributed by atoms with Crippen LogP contribution in [0.1, 0.15) is 34.6 Å². The Morgan fingerprint density at radius 1 is 0.667 bits per heavy atom. The number of rotatable bonds is 5. The van der Waals surface area contributed by atoms with Gasteiger partial charge in [0.2, 0.25) is 0 Å². The monoisotopic (exact) mass is 400 g/mol. The molecule has 0 unspecified atom stereocenters. The fourth-order valence-electron chi connectivity index (χ4n) is 3.22. The van der Waals surface area contributed by atoms with Crippen molar-refractivity contribution < 1.29 is 19.1 Å². The van der Waals surface area contributed by atoms with E-state index in [0.717, 1.165) is 33.2 Å². The lowest BCUT2D eigenvalue weighted by Crippen LogP contribution is -2.04. The lowest BCUT2D eigenvalue weighted by Gasteiger charge is -2.07. The summed E-state index contributed by atoms with van der Waals surface area (Å²) in [7, 11) is 0. The molecule has 4 aromatic rings. The Balaban J connectivity index is 1.67. The zero-order chi connectivity index (χ0) is 21.1. The zero-order valence-corrected chi connectivity index (χ0v) is 16.7. The van der Waals surface area contributed by atoms with Crippen molar-refractivity contribution in [1.82, 2.24) is 9.97 Å². The molecule has 0 N–H and O–H groups in total. The molecule has 150 valence electrons. The average molecular weight is 400 g/mol. The number of carbonyl (C=O) groups excluding carboxylic acids is 2. The van der Waals surface area contributed by atoms with Gasteiger partial charge in [0.05, 0.1) is 46.8 Å². The number of pyridine rings is 2. The molecule has 0 amide bonds. The van der Waals surface area contributed by atoms with Gasteiger partial charge in [-0.2, -0.15) is 0 Å². The highest BCUT2D eigenvalue weighted by Crippen LogP contribution is 2.24. The Morgan fingerprint density at radius 3 is 1.50 bits per heavy atom. The SMILES string of the molecule is CCOC(=O)c1ccc2nc(-c3ccc4cc(C(=O)OCC)ccc4n3)ccc2c1. The third kappa shape index (κ3) is 3.85. The minimum Gasteiger partial charge on any atom is -0.462 e. The highest BCUT2D eigenvalue weighted by Gasteiger charge is 2.11. The van der Waals surface area contributed by atoms with Crippen LogP contribution in [-0.4, -0.2) is 35.1 Å². The molecule has 0 bridgehead atoms. The van der Waals surface area contributed by atoms with E-state index >= 15 is 0 Å². The second-order valence-corrected chi connectivity index (χ2v) is 6.65. The predicted octanol–water partition coefficient (Wildman–Crippen LogP) is 4.80. The Bertz CT molecular complexity index is 1170. The van der Waals surface area contributed by atoms with Gasteiger partial charge in [0, 0.05) is 10.8 Å². The summed E-state index contributed by atoms with van der Waals surface area (Å²) >= 11 is 0. The van der Waals surface area contributed by atoms with Crippen LogP contribution < -0.4 is 0 Å².